The number of hydrogen-bond acceptors (Lipinski definition) is 6. The van der Waals surface area contributed by atoms with Gasteiger partial charge in [0.2, 0.25) is 10.0 Å². The summed E-state index contributed by atoms with van der Waals surface area (Å²) in [5.41, 5.74) is -0.754. The summed E-state index contributed by atoms with van der Waals surface area (Å²) in [6.45, 7) is 1.73. The minimum Gasteiger partial charge on any atom is -0.338 e. The van der Waals surface area contributed by atoms with Crippen LogP contribution in [0.25, 0.3) is 16.6 Å². The second-order valence-corrected chi connectivity index (χ2v) is 11.4. The SMILES string of the molecule is C#Cc1ccc(Nc2c3c(=O)n(C4CC4)c(=O)n(-c4cccc(NS(C)(=O)=O)c4)c3c(CC)c(=O)n2C)c(F)c1. The minimum atomic E-state index is -3.63. The van der Waals surface area contributed by atoms with Crippen LogP contribution in [-0.4, -0.2) is 28.4 Å². The van der Waals surface area contributed by atoms with Crippen molar-refractivity contribution in [1.82, 2.24) is 13.7 Å². The zero-order chi connectivity index (χ0) is 28.9. The highest BCUT2D eigenvalue weighted by atomic mass is 32.2. The summed E-state index contributed by atoms with van der Waals surface area (Å²) in [5.74, 6) is 1.67. The molecule has 206 valence electrons. The first-order valence-electron chi connectivity index (χ1n) is 12.5. The summed E-state index contributed by atoms with van der Waals surface area (Å²) < 4.78 is 44.7. The minimum absolute atomic E-state index is 0.00289. The third-order valence-electron chi connectivity index (χ3n) is 6.77. The lowest BCUT2D eigenvalue weighted by Gasteiger charge is -2.21. The van der Waals surface area contributed by atoms with Crippen LogP contribution >= 0.6 is 0 Å². The van der Waals surface area contributed by atoms with Gasteiger partial charge in [0.25, 0.3) is 11.1 Å². The van der Waals surface area contributed by atoms with E-state index in [2.05, 4.69) is 16.0 Å². The highest BCUT2D eigenvalue weighted by Gasteiger charge is 2.32. The average Bonchev–Trinajstić information content (AvgIpc) is 3.72. The van der Waals surface area contributed by atoms with Gasteiger partial charge in [-0.25, -0.2) is 17.6 Å². The number of rotatable bonds is 7. The van der Waals surface area contributed by atoms with Crippen molar-refractivity contribution in [3.05, 3.63) is 90.6 Å². The first kappa shape index (κ1) is 27.0. The Hall–Kier alpha value is -4.63. The zero-order valence-corrected chi connectivity index (χ0v) is 22.8. The number of hydrogen-bond donors (Lipinski definition) is 2. The number of pyridine rings is 1. The van der Waals surface area contributed by atoms with Crippen molar-refractivity contribution >= 4 is 38.1 Å². The van der Waals surface area contributed by atoms with Gasteiger partial charge in [0.1, 0.15) is 17.0 Å². The molecule has 1 aliphatic rings. The molecule has 2 aromatic heterocycles. The van der Waals surface area contributed by atoms with Crippen LogP contribution in [0.3, 0.4) is 0 Å². The van der Waals surface area contributed by atoms with E-state index >= 15 is 0 Å². The number of terminal acetylenes is 1. The molecule has 0 amide bonds. The van der Waals surface area contributed by atoms with Gasteiger partial charge in [-0.1, -0.05) is 18.9 Å². The first-order chi connectivity index (χ1) is 18.9. The lowest BCUT2D eigenvalue weighted by atomic mass is 10.1. The third kappa shape index (κ3) is 4.69. The van der Waals surface area contributed by atoms with Crippen LogP contribution in [0.4, 0.5) is 21.6 Å². The molecule has 0 spiro atoms. The number of sulfonamides is 1. The standard InChI is InChI=1S/C28H26FN5O5S/c1-5-16-10-13-22(21(29)14-16)30-25-23-24(20(6-2)26(35)32(25)3)33(28(37)34(27(23)36)18-11-12-18)19-9-7-8-17(15-19)31-40(4,38)39/h1,7-10,13-15,18,30-31H,6,11-12H2,2-4H3. The molecule has 1 fully saturated rings. The van der Waals surface area contributed by atoms with Crippen LogP contribution in [0.1, 0.15) is 36.9 Å². The van der Waals surface area contributed by atoms with Crippen molar-refractivity contribution in [2.24, 2.45) is 7.05 Å². The Labute approximate surface area is 228 Å². The molecule has 0 atom stereocenters. The molecule has 0 saturated heterocycles. The molecule has 0 aliphatic heterocycles. The van der Waals surface area contributed by atoms with Crippen molar-refractivity contribution in [1.29, 1.82) is 0 Å². The highest BCUT2D eigenvalue weighted by molar-refractivity contribution is 7.92. The van der Waals surface area contributed by atoms with Crippen LogP contribution in [0, 0.1) is 18.2 Å². The van der Waals surface area contributed by atoms with Gasteiger partial charge in [-0.3, -0.25) is 28.0 Å². The molecule has 5 rings (SSSR count). The summed E-state index contributed by atoms with van der Waals surface area (Å²) in [5, 5.41) is 2.91. The zero-order valence-electron chi connectivity index (χ0n) is 22.0. The molecular formula is C28H26FN5O5S. The number of nitrogens with one attached hydrogen (secondary N) is 2. The molecule has 2 N–H and O–H groups in total. The molecule has 2 aromatic carbocycles. The topological polar surface area (TPSA) is 124 Å². The fraction of sp³-hybridized carbons (Fsp3) is 0.250. The van der Waals surface area contributed by atoms with E-state index in [9.17, 15) is 27.2 Å². The average molecular weight is 564 g/mol. The monoisotopic (exact) mass is 563 g/mol. The van der Waals surface area contributed by atoms with E-state index in [0.29, 0.717) is 18.4 Å². The fourth-order valence-electron chi connectivity index (χ4n) is 4.81. The van der Waals surface area contributed by atoms with Crippen molar-refractivity contribution in [2.75, 3.05) is 16.3 Å². The molecule has 1 saturated carbocycles. The Morgan fingerprint density at radius 3 is 2.42 bits per heavy atom. The fourth-order valence-corrected chi connectivity index (χ4v) is 5.37. The Bertz CT molecular complexity index is 2030. The van der Waals surface area contributed by atoms with Crippen molar-refractivity contribution in [2.45, 2.75) is 32.2 Å². The van der Waals surface area contributed by atoms with E-state index in [-0.39, 0.29) is 51.8 Å². The van der Waals surface area contributed by atoms with E-state index in [0.717, 1.165) is 16.9 Å². The lowest BCUT2D eigenvalue weighted by molar-refractivity contribution is 0.607. The summed E-state index contributed by atoms with van der Waals surface area (Å²) in [6.07, 6.45) is 7.80. The second kappa shape index (κ2) is 9.84. The van der Waals surface area contributed by atoms with Gasteiger partial charge in [0.15, 0.2) is 0 Å². The van der Waals surface area contributed by atoms with Gasteiger partial charge in [-0.15, -0.1) is 6.42 Å². The maximum absolute atomic E-state index is 15.0. The Morgan fingerprint density at radius 2 is 1.82 bits per heavy atom. The lowest BCUT2D eigenvalue weighted by Crippen LogP contribution is -2.41. The van der Waals surface area contributed by atoms with Gasteiger partial charge in [-0.2, -0.15) is 0 Å². The number of fused-ring (bicyclic) bond motifs is 1. The van der Waals surface area contributed by atoms with Gasteiger partial charge in [0, 0.05) is 24.2 Å². The Morgan fingerprint density at radius 1 is 1.10 bits per heavy atom. The van der Waals surface area contributed by atoms with E-state index < -0.39 is 32.6 Å². The molecule has 12 heteroatoms. The van der Waals surface area contributed by atoms with Crippen LogP contribution in [0.15, 0.2) is 56.8 Å². The number of nitrogens with zero attached hydrogens (tertiary/aromatic N) is 3. The summed E-state index contributed by atoms with van der Waals surface area (Å²) >= 11 is 0. The maximum atomic E-state index is 15.0. The molecule has 0 radical (unpaired) electrons. The third-order valence-corrected chi connectivity index (χ3v) is 7.38. The van der Waals surface area contributed by atoms with Crippen LogP contribution in [-0.2, 0) is 23.5 Å². The van der Waals surface area contributed by atoms with Gasteiger partial charge in [0.05, 0.1) is 28.8 Å². The number of halogens is 1. The molecule has 0 unspecified atom stereocenters. The van der Waals surface area contributed by atoms with E-state index in [1.165, 1.54) is 40.4 Å². The molecular weight excluding hydrogens is 537 g/mol. The second-order valence-electron chi connectivity index (χ2n) is 9.68. The number of aromatic nitrogens is 3. The number of anilines is 3. The smallest absolute Gasteiger partial charge is 0.336 e. The first-order valence-corrected chi connectivity index (χ1v) is 14.4. The summed E-state index contributed by atoms with van der Waals surface area (Å²) in [4.78, 5) is 41.5. The molecule has 1 aliphatic carbocycles. The summed E-state index contributed by atoms with van der Waals surface area (Å²) in [7, 11) is -2.16. The van der Waals surface area contributed by atoms with Crippen LogP contribution < -0.4 is 26.8 Å². The number of aryl methyl sites for hydroxylation is 1. The maximum Gasteiger partial charge on any atom is 0.336 e. The Balaban J connectivity index is 1.91. The predicted molar refractivity (Wildman–Crippen MR) is 153 cm³/mol. The van der Waals surface area contributed by atoms with Gasteiger partial charge < -0.3 is 5.32 Å². The highest BCUT2D eigenvalue weighted by Crippen LogP contribution is 2.34. The molecule has 40 heavy (non-hydrogen) atoms. The van der Waals surface area contributed by atoms with Gasteiger partial charge >= 0.3 is 5.69 Å². The predicted octanol–water partition coefficient (Wildman–Crippen LogP) is 2.98. The molecule has 4 aromatic rings. The van der Waals surface area contributed by atoms with Crippen molar-refractivity contribution in [3.8, 4) is 18.0 Å². The largest absolute Gasteiger partial charge is 0.338 e. The number of benzene rings is 2. The van der Waals surface area contributed by atoms with Crippen molar-refractivity contribution in [3.63, 3.8) is 0 Å². The summed E-state index contributed by atoms with van der Waals surface area (Å²) in [6, 6.07) is 9.85. The van der Waals surface area contributed by atoms with Crippen LogP contribution in [0.2, 0.25) is 0 Å². The van der Waals surface area contributed by atoms with E-state index in [1.54, 1.807) is 19.1 Å². The molecule has 2 heterocycles. The normalized spacial score (nSPS) is 13.3. The van der Waals surface area contributed by atoms with E-state index in [4.69, 9.17) is 6.42 Å². The Kier molecular flexibility index (Phi) is 6.63. The van der Waals surface area contributed by atoms with Crippen molar-refractivity contribution < 1.29 is 12.8 Å². The van der Waals surface area contributed by atoms with Crippen LogP contribution in [0.5, 0.6) is 0 Å². The van der Waals surface area contributed by atoms with E-state index in [1.807, 2.05) is 0 Å². The van der Waals surface area contributed by atoms with Gasteiger partial charge in [-0.05, 0) is 55.7 Å². The quantitative estimate of drug-likeness (QED) is 0.333. The molecule has 10 nitrogen and oxygen atoms in total. The molecule has 0 bridgehead atoms.